The molecule has 0 saturated carbocycles. The van der Waals surface area contributed by atoms with Crippen LogP contribution < -0.4 is 0 Å². The van der Waals surface area contributed by atoms with Gasteiger partial charge in [-0.1, -0.05) is 12.7 Å². The van der Waals surface area contributed by atoms with Gasteiger partial charge in [0.05, 0.1) is 24.4 Å². The van der Waals surface area contributed by atoms with Crippen molar-refractivity contribution in [3.05, 3.63) is 23.9 Å². The summed E-state index contributed by atoms with van der Waals surface area (Å²) in [5.74, 6) is -1.95. The van der Waals surface area contributed by atoms with Crippen molar-refractivity contribution in [1.82, 2.24) is 4.90 Å². The largest absolute Gasteiger partial charge is 0.457 e. The maximum Gasteiger partial charge on any atom is 0.356 e. The molecule has 20 heavy (non-hydrogen) atoms. The van der Waals surface area contributed by atoms with Crippen LogP contribution in [0.5, 0.6) is 0 Å². The van der Waals surface area contributed by atoms with E-state index in [0.717, 1.165) is 4.90 Å². The lowest BCUT2D eigenvalue weighted by Crippen LogP contribution is -2.67. The molecule has 2 aliphatic rings. The number of ether oxygens (including phenoxy) is 2. The third kappa shape index (κ3) is 2.09. The molecule has 7 heteroatoms. The molecule has 0 bridgehead atoms. The first-order valence-electron chi connectivity index (χ1n) is 6.07. The van der Waals surface area contributed by atoms with Crippen molar-refractivity contribution in [3.63, 3.8) is 0 Å². The Morgan fingerprint density at radius 1 is 1.80 bits per heavy atom. The molecule has 2 aliphatic heterocycles. The average Bonchev–Trinajstić information content (AvgIpc) is 2.42. The molecule has 2 heterocycles. The number of rotatable bonds is 4. The summed E-state index contributed by atoms with van der Waals surface area (Å²) in [5.41, 5.74) is -0.0693. The number of esters is 1. The summed E-state index contributed by atoms with van der Waals surface area (Å²) in [5, 5.41) is 18.6. The molecule has 7 nitrogen and oxygen atoms in total. The Balaban J connectivity index is 2.29. The van der Waals surface area contributed by atoms with Crippen molar-refractivity contribution in [3.8, 4) is 6.07 Å². The van der Waals surface area contributed by atoms with Crippen LogP contribution in [0.1, 0.15) is 6.92 Å². The molecule has 0 spiro atoms. The molecule has 2 rings (SSSR count). The molecule has 0 aromatic rings. The molecular weight excluding hydrogens is 264 g/mol. The Bertz CT molecular complexity index is 531. The van der Waals surface area contributed by atoms with E-state index in [1.54, 1.807) is 0 Å². The lowest BCUT2D eigenvalue weighted by Gasteiger charge is -2.49. The molecule has 0 unspecified atom stereocenters. The van der Waals surface area contributed by atoms with Crippen LogP contribution in [0.2, 0.25) is 0 Å². The van der Waals surface area contributed by atoms with Gasteiger partial charge in [-0.3, -0.25) is 9.69 Å². The molecule has 3 atom stereocenters. The van der Waals surface area contributed by atoms with Gasteiger partial charge in [0.25, 0.3) is 0 Å². The predicted octanol–water partition coefficient (Wildman–Crippen LogP) is -0.311. The number of β-lactam (4-membered cyclic amide) rings is 1. The van der Waals surface area contributed by atoms with Crippen molar-refractivity contribution in [1.29, 1.82) is 5.26 Å². The topological polar surface area (TPSA) is 99.9 Å². The summed E-state index contributed by atoms with van der Waals surface area (Å²) >= 11 is 0. The van der Waals surface area contributed by atoms with Crippen LogP contribution in [-0.4, -0.2) is 47.4 Å². The summed E-state index contributed by atoms with van der Waals surface area (Å²) in [6, 6.07) is 1.83. The van der Waals surface area contributed by atoms with Gasteiger partial charge in [-0.2, -0.15) is 5.26 Å². The number of aliphatic hydroxyl groups is 1. The van der Waals surface area contributed by atoms with Crippen molar-refractivity contribution in [2.45, 2.75) is 19.3 Å². The normalized spacial score (nSPS) is 26.2. The standard InChI is InChI=1S/C13H14N2O5/c1-3-4-19-13(18)10-8(5-14)6-20-12-9(7(2)16)11(17)15(10)12/h3,7,9,12,16H,1,4,6H2,2H3/t7-,9+,12-/m1/s1. The third-order valence-corrected chi connectivity index (χ3v) is 3.19. The quantitative estimate of drug-likeness (QED) is 0.430. The van der Waals surface area contributed by atoms with E-state index in [-0.39, 0.29) is 24.5 Å². The van der Waals surface area contributed by atoms with Crippen LogP contribution >= 0.6 is 0 Å². The number of carbonyl (C=O) groups is 2. The first kappa shape index (κ1) is 14.2. The number of fused-ring (bicyclic) bond motifs is 1. The minimum Gasteiger partial charge on any atom is -0.457 e. The second kappa shape index (κ2) is 5.45. The first-order chi connectivity index (χ1) is 9.52. The highest BCUT2D eigenvalue weighted by Crippen LogP contribution is 2.38. The number of hydrogen-bond acceptors (Lipinski definition) is 6. The van der Waals surface area contributed by atoms with Gasteiger partial charge in [0.2, 0.25) is 5.91 Å². The van der Waals surface area contributed by atoms with Gasteiger partial charge in [0, 0.05) is 0 Å². The fraction of sp³-hybridized carbons (Fsp3) is 0.462. The summed E-state index contributed by atoms with van der Waals surface area (Å²) in [4.78, 5) is 25.0. The van der Waals surface area contributed by atoms with Crippen molar-refractivity contribution >= 4 is 11.9 Å². The van der Waals surface area contributed by atoms with Crippen molar-refractivity contribution < 1.29 is 24.2 Å². The summed E-state index contributed by atoms with van der Waals surface area (Å²) in [7, 11) is 0. The van der Waals surface area contributed by atoms with E-state index in [9.17, 15) is 14.7 Å². The van der Waals surface area contributed by atoms with Crippen LogP contribution in [0.3, 0.4) is 0 Å². The maximum atomic E-state index is 12.0. The monoisotopic (exact) mass is 278 g/mol. The van der Waals surface area contributed by atoms with E-state index in [0.29, 0.717) is 0 Å². The zero-order chi connectivity index (χ0) is 14.9. The van der Waals surface area contributed by atoms with Crippen LogP contribution in [0.4, 0.5) is 0 Å². The molecule has 0 aliphatic carbocycles. The van der Waals surface area contributed by atoms with Crippen molar-refractivity contribution in [2.75, 3.05) is 13.2 Å². The van der Waals surface area contributed by atoms with E-state index in [4.69, 9.17) is 14.7 Å². The van der Waals surface area contributed by atoms with Gasteiger partial charge in [-0.15, -0.1) is 0 Å². The number of nitrogens with zero attached hydrogens (tertiary/aromatic N) is 2. The van der Waals surface area contributed by atoms with E-state index in [2.05, 4.69) is 6.58 Å². The number of hydrogen-bond donors (Lipinski definition) is 1. The zero-order valence-electron chi connectivity index (χ0n) is 10.9. The van der Waals surface area contributed by atoms with Crippen molar-refractivity contribution in [2.24, 2.45) is 5.92 Å². The van der Waals surface area contributed by atoms with Crippen LogP contribution in [0, 0.1) is 17.2 Å². The van der Waals surface area contributed by atoms with E-state index >= 15 is 0 Å². The second-order valence-electron chi connectivity index (χ2n) is 4.50. The van der Waals surface area contributed by atoms with Gasteiger partial charge in [0.15, 0.2) is 6.23 Å². The maximum absolute atomic E-state index is 12.0. The Hall–Kier alpha value is -2.17. The summed E-state index contributed by atoms with van der Waals surface area (Å²) in [6.45, 7) is 4.78. The van der Waals surface area contributed by atoms with E-state index < -0.39 is 30.1 Å². The predicted molar refractivity (Wildman–Crippen MR) is 65.6 cm³/mol. The lowest BCUT2D eigenvalue weighted by atomic mass is 9.88. The van der Waals surface area contributed by atoms with E-state index in [1.165, 1.54) is 13.0 Å². The Morgan fingerprint density at radius 3 is 3.05 bits per heavy atom. The van der Waals surface area contributed by atoms with Crippen LogP contribution in [-0.2, 0) is 19.1 Å². The Labute approximate surface area is 115 Å². The fourth-order valence-corrected chi connectivity index (χ4v) is 2.24. The molecule has 1 N–H and O–H groups in total. The smallest absolute Gasteiger partial charge is 0.356 e. The SMILES string of the molecule is C=CCOC(=O)C1=C(C#N)CO[C@@H]2[C@@H]([C@@H](C)O)C(=O)N12. The number of carbonyl (C=O) groups excluding carboxylic acids is 2. The number of aliphatic hydroxyl groups excluding tert-OH is 1. The highest BCUT2D eigenvalue weighted by atomic mass is 16.5. The number of nitriles is 1. The van der Waals surface area contributed by atoms with Gasteiger partial charge in [-0.05, 0) is 6.92 Å². The fourth-order valence-electron chi connectivity index (χ4n) is 2.24. The van der Waals surface area contributed by atoms with Crippen LogP contribution in [0.15, 0.2) is 23.9 Å². The van der Waals surface area contributed by atoms with E-state index in [1.807, 2.05) is 6.07 Å². The molecule has 0 radical (unpaired) electrons. The summed E-state index contributed by atoms with van der Waals surface area (Å²) in [6.07, 6.45) is -0.235. The molecule has 1 amide bonds. The summed E-state index contributed by atoms with van der Waals surface area (Å²) < 4.78 is 10.2. The van der Waals surface area contributed by atoms with Gasteiger partial charge >= 0.3 is 5.97 Å². The minimum atomic E-state index is -0.891. The first-order valence-corrected chi connectivity index (χ1v) is 6.07. The lowest BCUT2D eigenvalue weighted by molar-refractivity contribution is -0.203. The highest BCUT2D eigenvalue weighted by molar-refractivity contribution is 5.99. The van der Waals surface area contributed by atoms with Crippen LogP contribution in [0.25, 0.3) is 0 Å². The average molecular weight is 278 g/mol. The minimum absolute atomic E-state index is 0.0194. The van der Waals surface area contributed by atoms with Gasteiger partial charge in [-0.25, -0.2) is 4.79 Å². The second-order valence-corrected chi connectivity index (χ2v) is 4.50. The third-order valence-electron chi connectivity index (χ3n) is 3.19. The molecule has 1 saturated heterocycles. The Kier molecular flexibility index (Phi) is 3.88. The molecular formula is C13H14N2O5. The molecule has 0 aromatic heterocycles. The molecule has 1 fully saturated rings. The highest BCUT2D eigenvalue weighted by Gasteiger charge is 2.56. The van der Waals surface area contributed by atoms with Gasteiger partial charge in [0.1, 0.15) is 18.2 Å². The molecule has 106 valence electrons. The number of amides is 1. The Morgan fingerprint density at radius 2 is 2.50 bits per heavy atom. The molecule has 0 aromatic carbocycles. The van der Waals surface area contributed by atoms with Gasteiger partial charge < -0.3 is 14.6 Å². The zero-order valence-corrected chi connectivity index (χ0v) is 10.9.